The zero-order valence-electron chi connectivity index (χ0n) is 10.7. The Morgan fingerprint density at radius 2 is 2.22 bits per heavy atom. The van der Waals surface area contributed by atoms with Crippen LogP contribution in [0.2, 0.25) is 0 Å². The van der Waals surface area contributed by atoms with E-state index in [4.69, 9.17) is 0 Å². The normalized spacial score (nSPS) is 23.6. The van der Waals surface area contributed by atoms with Gasteiger partial charge in [0.25, 0.3) is 0 Å². The number of thioether (sulfide) groups is 1. The van der Waals surface area contributed by atoms with Gasteiger partial charge in [-0.15, -0.1) is 11.8 Å². The van der Waals surface area contributed by atoms with Crippen molar-refractivity contribution in [1.82, 2.24) is 10.6 Å². The summed E-state index contributed by atoms with van der Waals surface area (Å²) in [5, 5.41) is 6.51. The van der Waals surface area contributed by atoms with Gasteiger partial charge >= 0.3 is 0 Å². The number of amides is 1. The van der Waals surface area contributed by atoms with Crippen LogP contribution in [0, 0.1) is 0 Å². The highest BCUT2D eigenvalue weighted by molar-refractivity contribution is 8.00. The van der Waals surface area contributed by atoms with Gasteiger partial charge in [0.2, 0.25) is 5.91 Å². The van der Waals surface area contributed by atoms with Crippen LogP contribution in [0.4, 0.5) is 0 Å². The Kier molecular flexibility index (Phi) is 5.08. The van der Waals surface area contributed by atoms with Crippen molar-refractivity contribution in [3.05, 3.63) is 30.3 Å². The largest absolute Gasteiger partial charge is 0.353 e. The summed E-state index contributed by atoms with van der Waals surface area (Å²) in [5.74, 6) is 0.644. The highest BCUT2D eigenvalue weighted by atomic mass is 32.2. The Bertz CT molecular complexity index is 383. The minimum atomic E-state index is 0.142. The minimum Gasteiger partial charge on any atom is -0.353 e. The van der Waals surface area contributed by atoms with Crippen LogP contribution in [0.1, 0.15) is 19.8 Å². The quantitative estimate of drug-likeness (QED) is 0.818. The van der Waals surface area contributed by atoms with Crippen LogP contribution in [0.5, 0.6) is 0 Å². The van der Waals surface area contributed by atoms with E-state index in [1.165, 1.54) is 0 Å². The second-order valence-corrected chi connectivity index (χ2v) is 5.79. The summed E-state index contributed by atoms with van der Waals surface area (Å²) < 4.78 is 0. The fourth-order valence-electron chi connectivity index (χ4n) is 2.20. The van der Waals surface area contributed by atoms with E-state index in [2.05, 4.69) is 17.6 Å². The van der Waals surface area contributed by atoms with Crippen LogP contribution in [-0.4, -0.2) is 30.3 Å². The molecule has 1 fully saturated rings. The molecule has 0 radical (unpaired) electrons. The number of rotatable bonds is 4. The first kappa shape index (κ1) is 13.4. The number of piperidine rings is 1. The molecule has 1 aromatic rings. The Hall–Kier alpha value is -1.00. The molecule has 2 atom stereocenters. The van der Waals surface area contributed by atoms with Crippen molar-refractivity contribution >= 4 is 17.7 Å². The number of hydrogen-bond acceptors (Lipinski definition) is 3. The predicted molar refractivity (Wildman–Crippen MR) is 75.8 cm³/mol. The first-order valence-electron chi connectivity index (χ1n) is 6.44. The third-order valence-corrected chi connectivity index (χ3v) is 4.11. The number of nitrogens with one attached hydrogen (secondary N) is 2. The molecule has 4 heteroatoms. The zero-order valence-corrected chi connectivity index (χ0v) is 11.5. The number of carbonyl (C=O) groups is 1. The molecule has 2 N–H and O–H groups in total. The molecule has 0 aliphatic carbocycles. The summed E-state index contributed by atoms with van der Waals surface area (Å²) in [5.41, 5.74) is 0. The highest BCUT2D eigenvalue weighted by Gasteiger charge is 2.19. The standard InChI is InChI=1S/C14H20N2OS/c1-11-9-12(7-8-15-11)16-14(17)10-18-13-5-3-2-4-6-13/h2-6,11-12,15H,7-10H2,1H3,(H,16,17). The van der Waals surface area contributed by atoms with Gasteiger partial charge in [0.15, 0.2) is 0 Å². The van der Waals surface area contributed by atoms with Gasteiger partial charge in [0, 0.05) is 17.0 Å². The lowest BCUT2D eigenvalue weighted by Crippen LogP contribution is -2.47. The van der Waals surface area contributed by atoms with Crippen LogP contribution < -0.4 is 10.6 Å². The second kappa shape index (κ2) is 6.81. The lowest BCUT2D eigenvalue weighted by molar-refractivity contribution is -0.119. The Morgan fingerprint density at radius 1 is 1.44 bits per heavy atom. The Labute approximate surface area is 113 Å². The molecule has 1 aliphatic rings. The van der Waals surface area contributed by atoms with Gasteiger partial charge in [-0.05, 0) is 38.4 Å². The van der Waals surface area contributed by atoms with Crippen LogP contribution in [0.3, 0.4) is 0 Å². The van der Waals surface area contributed by atoms with Crippen molar-refractivity contribution in [2.24, 2.45) is 0 Å². The average Bonchev–Trinajstić information content (AvgIpc) is 2.38. The Balaban J connectivity index is 1.72. The fraction of sp³-hybridized carbons (Fsp3) is 0.500. The molecule has 0 bridgehead atoms. The topological polar surface area (TPSA) is 41.1 Å². The molecule has 0 saturated carbocycles. The van der Waals surface area contributed by atoms with E-state index in [0.29, 0.717) is 17.8 Å². The van der Waals surface area contributed by atoms with Crippen LogP contribution in [-0.2, 0) is 4.79 Å². The predicted octanol–water partition coefficient (Wildman–Crippen LogP) is 2.04. The number of hydrogen-bond donors (Lipinski definition) is 2. The van der Waals surface area contributed by atoms with Crippen LogP contribution in [0.25, 0.3) is 0 Å². The third-order valence-electron chi connectivity index (χ3n) is 3.10. The molecule has 0 spiro atoms. The molecule has 18 heavy (non-hydrogen) atoms. The van der Waals surface area contributed by atoms with Gasteiger partial charge in [-0.25, -0.2) is 0 Å². The molecule has 0 aromatic heterocycles. The highest BCUT2D eigenvalue weighted by Crippen LogP contribution is 2.16. The lowest BCUT2D eigenvalue weighted by atomic mass is 10.0. The maximum atomic E-state index is 11.8. The lowest BCUT2D eigenvalue weighted by Gasteiger charge is -2.28. The van der Waals surface area contributed by atoms with E-state index >= 15 is 0 Å². The second-order valence-electron chi connectivity index (χ2n) is 4.75. The molecule has 3 nitrogen and oxygen atoms in total. The van der Waals surface area contributed by atoms with Crippen molar-refractivity contribution < 1.29 is 4.79 Å². The van der Waals surface area contributed by atoms with E-state index in [0.717, 1.165) is 24.3 Å². The summed E-state index contributed by atoms with van der Waals surface area (Å²) in [7, 11) is 0. The van der Waals surface area contributed by atoms with E-state index in [-0.39, 0.29) is 5.91 Å². The summed E-state index contributed by atoms with van der Waals surface area (Å²) >= 11 is 1.59. The first-order valence-corrected chi connectivity index (χ1v) is 7.43. The number of benzene rings is 1. The monoisotopic (exact) mass is 264 g/mol. The van der Waals surface area contributed by atoms with Crippen molar-refractivity contribution in [3.8, 4) is 0 Å². The maximum absolute atomic E-state index is 11.8. The summed E-state index contributed by atoms with van der Waals surface area (Å²) in [6, 6.07) is 10.9. The first-order chi connectivity index (χ1) is 8.74. The van der Waals surface area contributed by atoms with Gasteiger partial charge in [-0.1, -0.05) is 18.2 Å². The molecular formula is C14H20N2OS. The summed E-state index contributed by atoms with van der Waals surface area (Å²) in [4.78, 5) is 13.0. The van der Waals surface area contributed by atoms with Gasteiger partial charge < -0.3 is 10.6 Å². The van der Waals surface area contributed by atoms with Crippen molar-refractivity contribution in [2.75, 3.05) is 12.3 Å². The molecule has 1 aliphatic heterocycles. The third kappa shape index (κ3) is 4.35. The molecule has 2 unspecified atom stereocenters. The average molecular weight is 264 g/mol. The molecular weight excluding hydrogens is 244 g/mol. The molecule has 2 rings (SSSR count). The minimum absolute atomic E-state index is 0.142. The summed E-state index contributed by atoms with van der Waals surface area (Å²) in [6.07, 6.45) is 2.06. The molecule has 1 saturated heterocycles. The van der Waals surface area contributed by atoms with Gasteiger partial charge in [0.05, 0.1) is 5.75 Å². The summed E-state index contributed by atoms with van der Waals surface area (Å²) in [6.45, 7) is 3.16. The van der Waals surface area contributed by atoms with Crippen molar-refractivity contribution in [3.63, 3.8) is 0 Å². The SMILES string of the molecule is CC1CC(NC(=O)CSc2ccccc2)CCN1. The Morgan fingerprint density at radius 3 is 2.94 bits per heavy atom. The molecule has 98 valence electrons. The van der Waals surface area contributed by atoms with Crippen LogP contribution >= 0.6 is 11.8 Å². The van der Waals surface area contributed by atoms with E-state index in [1.807, 2.05) is 30.3 Å². The van der Waals surface area contributed by atoms with Gasteiger partial charge in [-0.3, -0.25) is 4.79 Å². The smallest absolute Gasteiger partial charge is 0.230 e. The van der Waals surface area contributed by atoms with E-state index < -0.39 is 0 Å². The van der Waals surface area contributed by atoms with Crippen molar-refractivity contribution in [1.29, 1.82) is 0 Å². The molecule has 1 aromatic carbocycles. The zero-order chi connectivity index (χ0) is 12.8. The van der Waals surface area contributed by atoms with E-state index in [9.17, 15) is 4.79 Å². The van der Waals surface area contributed by atoms with Crippen molar-refractivity contribution in [2.45, 2.75) is 36.7 Å². The van der Waals surface area contributed by atoms with Gasteiger partial charge in [0.1, 0.15) is 0 Å². The maximum Gasteiger partial charge on any atom is 0.230 e. The molecule has 1 heterocycles. The van der Waals surface area contributed by atoms with E-state index in [1.54, 1.807) is 11.8 Å². The number of carbonyl (C=O) groups excluding carboxylic acids is 1. The molecule has 1 amide bonds. The fourth-order valence-corrected chi connectivity index (χ4v) is 2.93. The van der Waals surface area contributed by atoms with Crippen LogP contribution in [0.15, 0.2) is 35.2 Å². The van der Waals surface area contributed by atoms with Gasteiger partial charge in [-0.2, -0.15) is 0 Å².